The summed E-state index contributed by atoms with van der Waals surface area (Å²) in [5.41, 5.74) is 3.46. The Balaban J connectivity index is 2.17. The van der Waals surface area contributed by atoms with Crippen molar-refractivity contribution in [3.8, 4) is 11.1 Å². The molecule has 2 aromatic carbocycles. The van der Waals surface area contributed by atoms with E-state index in [9.17, 15) is 4.39 Å². The summed E-state index contributed by atoms with van der Waals surface area (Å²) in [5, 5.41) is 0. The predicted molar refractivity (Wildman–Crippen MR) is 70.4 cm³/mol. The van der Waals surface area contributed by atoms with Gasteiger partial charge in [0.1, 0.15) is 5.82 Å². The quantitative estimate of drug-likeness (QED) is 0.668. The molecule has 0 spiro atoms. The van der Waals surface area contributed by atoms with Crippen LogP contribution in [0.5, 0.6) is 0 Å². The molecule has 86 valence electrons. The highest BCUT2D eigenvalue weighted by Crippen LogP contribution is 2.20. The van der Waals surface area contributed by atoms with Crippen LogP contribution in [0.3, 0.4) is 0 Å². The van der Waals surface area contributed by atoms with E-state index in [2.05, 4.69) is 30.8 Å². The number of benzene rings is 2. The first kappa shape index (κ1) is 11.6. The van der Waals surface area contributed by atoms with Crippen LogP contribution >= 0.6 is 0 Å². The summed E-state index contributed by atoms with van der Waals surface area (Å²) in [5.74, 6) is -0.198. The normalized spacial score (nSPS) is 10.2. The molecule has 2 rings (SSSR count). The molecule has 0 aliphatic carbocycles. The molecular weight excluding hydrogens is 211 g/mol. The van der Waals surface area contributed by atoms with Gasteiger partial charge in [-0.05, 0) is 41.7 Å². The van der Waals surface area contributed by atoms with Crippen molar-refractivity contribution in [2.24, 2.45) is 0 Å². The molecule has 0 radical (unpaired) electrons. The second-order valence-corrected chi connectivity index (χ2v) is 4.03. The smallest absolute Gasteiger partial charge is 0.123 e. The highest BCUT2D eigenvalue weighted by atomic mass is 19.1. The van der Waals surface area contributed by atoms with Gasteiger partial charge in [0.15, 0.2) is 0 Å². The molecule has 1 heteroatoms. The van der Waals surface area contributed by atoms with Crippen molar-refractivity contribution < 1.29 is 4.39 Å². The molecule has 0 N–H and O–H groups in total. The van der Waals surface area contributed by atoms with Crippen LogP contribution < -0.4 is 0 Å². The molecule has 0 aromatic heterocycles. The van der Waals surface area contributed by atoms with Crippen LogP contribution in [0.15, 0.2) is 61.2 Å². The van der Waals surface area contributed by atoms with Crippen LogP contribution in [0.4, 0.5) is 4.39 Å². The second-order valence-electron chi connectivity index (χ2n) is 4.03. The summed E-state index contributed by atoms with van der Waals surface area (Å²) in [7, 11) is 0. The van der Waals surface area contributed by atoms with Crippen LogP contribution in [0.1, 0.15) is 12.0 Å². The van der Waals surface area contributed by atoms with Crippen LogP contribution in [-0.2, 0) is 6.42 Å². The summed E-state index contributed by atoms with van der Waals surface area (Å²) >= 11 is 0. The van der Waals surface area contributed by atoms with E-state index in [0.29, 0.717) is 0 Å². The highest BCUT2D eigenvalue weighted by molar-refractivity contribution is 5.63. The van der Waals surface area contributed by atoms with Gasteiger partial charge < -0.3 is 0 Å². The minimum absolute atomic E-state index is 0.198. The lowest BCUT2D eigenvalue weighted by molar-refractivity contribution is 0.628. The summed E-state index contributed by atoms with van der Waals surface area (Å²) < 4.78 is 12.8. The maximum atomic E-state index is 12.8. The fraction of sp³-hybridized carbons (Fsp3) is 0.125. The molecular formula is C16H15F. The van der Waals surface area contributed by atoms with Crippen LogP contribution in [0.25, 0.3) is 11.1 Å². The third kappa shape index (κ3) is 3.04. The third-order valence-electron chi connectivity index (χ3n) is 2.77. The number of rotatable bonds is 4. The Morgan fingerprint density at radius 3 is 1.94 bits per heavy atom. The summed E-state index contributed by atoms with van der Waals surface area (Å²) in [4.78, 5) is 0. The zero-order valence-electron chi connectivity index (χ0n) is 9.70. The zero-order valence-corrected chi connectivity index (χ0v) is 9.70. The number of aryl methyl sites for hydroxylation is 1. The molecule has 0 aliphatic heterocycles. The lowest BCUT2D eigenvalue weighted by Gasteiger charge is -2.03. The van der Waals surface area contributed by atoms with Crippen molar-refractivity contribution in [2.45, 2.75) is 12.8 Å². The Kier molecular flexibility index (Phi) is 3.71. The minimum Gasteiger partial charge on any atom is -0.207 e. The number of halogens is 1. The van der Waals surface area contributed by atoms with Gasteiger partial charge in [-0.3, -0.25) is 0 Å². The minimum atomic E-state index is -0.198. The molecule has 17 heavy (non-hydrogen) atoms. The van der Waals surface area contributed by atoms with Gasteiger partial charge in [0.05, 0.1) is 0 Å². The average molecular weight is 226 g/mol. The van der Waals surface area contributed by atoms with Crippen molar-refractivity contribution in [3.63, 3.8) is 0 Å². The van der Waals surface area contributed by atoms with Crippen molar-refractivity contribution in [1.82, 2.24) is 0 Å². The Labute approximate surface area is 101 Å². The Morgan fingerprint density at radius 1 is 0.882 bits per heavy atom. The zero-order chi connectivity index (χ0) is 12.1. The van der Waals surface area contributed by atoms with Gasteiger partial charge in [-0.15, -0.1) is 6.58 Å². The van der Waals surface area contributed by atoms with Gasteiger partial charge in [0, 0.05) is 0 Å². The standard InChI is InChI=1S/C16H15F/c1-2-3-4-13-5-7-14(8-6-13)15-9-11-16(17)12-10-15/h2,5-12H,1,3-4H2. The second kappa shape index (κ2) is 5.44. The average Bonchev–Trinajstić information content (AvgIpc) is 2.38. The molecule has 0 amide bonds. The molecule has 0 saturated carbocycles. The molecule has 0 fully saturated rings. The van der Waals surface area contributed by atoms with Gasteiger partial charge in [-0.1, -0.05) is 42.5 Å². The summed E-state index contributed by atoms with van der Waals surface area (Å²) in [6.45, 7) is 3.71. The number of allylic oxidation sites excluding steroid dienone is 1. The maximum absolute atomic E-state index is 12.8. The lowest BCUT2D eigenvalue weighted by atomic mass is 10.0. The Bertz CT molecular complexity index is 480. The van der Waals surface area contributed by atoms with Gasteiger partial charge in [-0.2, -0.15) is 0 Å². The molecule has 2 aromatic rings. The van der Waals surface area contributed by atoms with E-state index in [0.717, 1.165) is 24.0 Å². The topological polar surface area (TPSA) is 0 Å². The molecule has 0 saturated heterocycles. The fourth-order valence-electron chi connectivity index (χ4n) is 1.77. The largest absolute Gasteiger partial charge is 0.207 e. The Hall–Kier alpha value is -1.89. The van der Waals surface area contributed by atoms with Crippen LogP contribution in [-0.4, -0.2) is 0 Å². The monoisotopic (exact) mass is 226 g/mol. The van der Waals surface area contributed by atoms with Gasteiger partial charge in [0.25, 0.3) is 0 Å². The fourth-order valence-corrected chi connectivity index (χ4v) is 1.77. The van der Waals surface area contributed by atoms with E-state index in [1.54, 1.807) is 12.1 Å². The summed E-state index contributed by atoms with van der Waals surface area (Å²) in [6.07, 6.45) is 3.94. The first-order valence-corrected chi connectivity index (χ1v) is 5.75. The third-order valence-corrected chi connectivity index (χ3v) is 2.77. The van der Waals surface area contributed by atoms with E-state index in [-0.39, 0.29) is 5.82 Å². The van der Waals surface area contributed by atoms with Gasteiger partial charge >= 0.3 is 0 Å². The number of hydrogen-bond acceptors (Lipinski definition) is 0. The molecule has 0 unspecified atom stereocenters. The van der Waals surface area contributed by atoms with Gasteiger partial charge in [-0.25, -0.2) is 4.39 Å². The summed E-state index contributed by atoms with van der Waals surface area (Å²) in [6, 6.07) is 15.0. The van der Waals surface area contributed by atoms with Crippen molar-refractivity contribution in [2.75, 3.05) is 0 Å². The van der Waals surface area contributed by atoms with Crippen molar-refractivity contribution in [1.29, 1.82) is 0 Å². The molecule has 0 heterocycles. The highest BCUT2D eigenvalue weighted by Gasteiger charge is 1.98. The predicted octanol–water partition coefficient (Wildman–Crippen LogP) is 4.61. The molecule has 0 atom stereocenters. The first-order chi connectivity index (χ1) is 8.29. The molecule has 0 bridgehead atoms. The van der Waals surface area contributed by atoms with Gasteiger partial charge in [0.2, 0.25) is 0 Å². The van der Waals surface area contributed by atoms with E-state index >= 15 is 0 Å². The van der Waals surface area contributed by atoms with Crippen molar-refractivity contribution >= 4 is 0 Å². The molecule has 0 nitrogen and oxygen atoms in total. The Morgan fingerprint density at radius 2 is 1.41 bits per heavy atom. The van der Waals surface area contributed by atoms with Crippen LogP contribution in [0.2, 0.25) is 0 Å². The van der Waals surface area contributed by atoms with E-state index in [1.165, 1.54) is 17.7 Å². The van der Waals surface area contributed by atoms with E-state index < -0.39 is 0 Å². The van der Waals surface area contributed by atoms with E-state index in [4.69, 9.17) is 0 Å². The first-order valence-electron chi connectivity index (χ1n) is 5.75. The number of hydrogen-bond donors (Lipinski definition) is 0. The van der Waals surface area contributed by atoms with Crippen LogP contribution in [0, 0.1) is 5.82 Å². The van der Waals surface area contributed by atoms with Crippen molar-refractivity contribution in [3.05, 3.63) is 72.6 Å². The molecule has 0 aliphatic rings. The maximum Gasteiger partial charge on any atom is 0.123 e. The SMILES string of the molecule is C=CCCc1ccc(-c2ccc(F)cc2)cc1. The lowest BCUT2D eigenvalue weighted by Crippen LogP contribution is -1.84. The van der Waals surface area contributed by atoms with E-state index in [1.807, 2.05) is 6.08 Å².